The van der Waals surface area contributed by atoms with Crippen molar-refractivity contribution in [3.8, 4) is 11.1 Å². The minimum atomic E-state index is -1.27. The second-order valence-corrected chi connectivity index (χ2v) is 8.09. The highest BCUT2D eigenvalue weighted by molar-refractivity contribution is 5.93. The third kappa shape index (κ3) is 5.36. The number of hydrogen-bond acceptors (Lipinski definition) is 5. The molecular weight excluding hydrogens is 438 g/mol. The van der Waals surface area contributed by atoms with Gasteiger partial charge in [-0.15, -0.1) is 0 Å². The number of alkyl carbamates (subject to hydrolysis) is 1. The first-order chi connectivity index (χ1) is 16.3. The van der Waals surface area contributed by atoms with Gasteiger partial charge in [0.1, 0.15) is 18.7 Å². The fraction of sp³-hybridized carbons (Fsp3) is 0.360. The summed E-state index contributed by atoms with van der Waals surface area (Å²) in [5.41, 5.74) is 3.13. The minimum Gasteiger partial charge on any atom is -0.480 e. The van der Waals surface area contributed by atoms with E-state index in [9.17, 15) is 19.2 Å². The van der Waals surface area contributed by atoms with E-state index in [1.807, 2.05) is 48.5 Å². The lowest BCUT2D eigenvalue weighted by Crippen LogP contribution is -2.59. The van der Waals surface area contributed by atoms with Crippen LogP contribution < -0.4 is 16.0 Å². The number of nitrogens with one attached hydrogen (secondary N) is 3. The first-order valence-electron chi connectivity index (χ1n) is 11.2. The maximum Gasteiger partial charge on any atom is 0.408 e. The lowest BCUT2D eigenvalue weighted by molar-refractivity contribution is -0.138. The van der Waals surface area contributed by atoms with Crippen molar-refractivity contribution in [2.45, 2.75) is 38.1 Å². The van der Waals surface area contributed by atoms with Gasteiger partial charge in [-0.1, -0.05) is 62.4 Å². The molecule has 4 N–H and O–H groups in total. The zero-order valence-corrected chi connectivity index (χ0v) is 19.2. The molecule has 0 unspecified atom stereocenters. The molecule has 3 amide bonds. The van der Waals surface area contributed by atoms with Crippen molar-refractivity contribution in [3.63, 3.8) is 0 Å². The summed E-state index contributed by atoms with van der Waals surface area (Å²) in [4.78, 5) is 47.8. The molecule has 180 valence electrons. The van der Waals surface area contributed by atoms with E-state index in [0.717, 1.165) is 22.3 Å². The Labute approximate surface area is 197 Å². The topological polar surface area (TPSA) is 134 Å². The quantitative estimate of drug-likeness (QED) is 0.424. The Morgan fingerprint density at radius 3 is 1.97 bits per heavy atom. The first kappa shape index (κ1) is 24.8. The Hall–Kier alpha value is -3.88. The highest BCUT2D eigenvalue weighted by Crippen LogP contribution is 2.44. The molecular formula is C25H29N3O6. The number of benzene rings is 2. The molecule has 3 rings (SSSR count). The second kappa shape index (κ2) is 10.8. The van der Waals surface area contributed by atoms with Crippen LogP contribution >= 0.6 is 0 Å². The number of hydrogen-bond donors (Lipinski definition) is 4. The van der Waals surface area contributed by atoms with Crippen molar-refractivity contribution in [3.05, 3.63) is 59.7 Å². The van der Waals surface area contributed by atoms with Gasteiger partial charge in [-0.05, 0) is 35.1 Å². The van der Waals surface area contributed by atoms with Crippen LogP contribution in [-0.2, 0) is 19.1 Å². The molecule has 34 heavy (non-hydrogen) atoms. The molecule has 0 fully saturated rings. The number of carbonyl (C=O) groups is 4. The van der Waals surface area contributed by atoms with E-state index in [-0.39, 0.29) is 25.4 Å². The van der Waals surface area contributed by atoms with Gasteiger partial charge in [0, 0.05) is 5.92 Å². The summed E-state index contributed by atoms with van der Waals surface area (Å²) in [6.07, 6.45) is -0.178. The van der Waals surface area contributed by atoms with E-state index in [2.05, 4.69) is 16.0 Å². The van der Waals surface area contributed by atoms with Crippen molar-refractivity contribution in [1.82, 2.24) is 16.0 Å². The average molecular weight is 468 g/mol. The number of rotatable bonds is 10. The molecule has 0 aliphatic heterocycles. The van der Waals surface area contributed by atoms with Gasteiger partial charge in [0.2, 0.25) is 11.8 Å². The summed E-state index contributed by atoms with van der Waals surface area (Å²) in [5.74, 6) is -2.48. The Kier molecular flexibility index (Phi) is 7.88. The van der Waals surface area contributed by atoms with Crippen LogP contribution in [0.25, 0.3) is 11.1 Å². The molecule has 9 nitrogen and oxygen atoms in total. The van der Waals surface area contributed by atoms with E-state index < -0.39 is 42.5 Å². The molecule has 0 radical (unpaired) electrons. The molecule has 2 aromatic carbocycles. The van der Waals surface area contributed by atoms with Gasteiger partial charge in [0.15, 0.2) is 0 Å². The standard InChI is InChI=1S/C25H29N3O6/c1-3-25(4-2,23(32)27-13-21(29)26-14-22(30)31)28-24(33)34-15-20-18-11-7-5-9-16(18)17-10-6-8-12-19(17)20/h5-12,20H,3-4,13-15H2,1-2H3,(H,26,29)(H,27,32)(H,28,33)(H,30,31). The third-order valence-corrected chi connectivity index (χ3v) is 6.17. The van der Waals surface area contributed by atoms with E-state index in [1.165, 1.54) is 0 Å². The van der Waals surface area contributed by atoms with Crippen LogP contribution in [0.1, 0.15) is 43.7 Å². The summed E-state index contributed by atoms with van der Waals surface area (Å²) in [5, 5.41) is 15.9. The molecule has 0 saturated heterocycles. The van der Waals surface area contributed by atoms with Gasteiger partial charge in [-0.2, -0.15) is 0 Å². The fourth-order valence-corrected chi connectivity index (χ4v) is 4.20. The van der Waals surface area contributed by atoms with Crippen LogP contribution in [-0.4, -0.2) is 54.2 Å². The van der Waals surface area contributed by atoms with Crippen LogP contribution in [0, 0.1) is 0 Å². The van der Waals surface area contributed by atoms with Crippen LogP contribution in [0.5, 0.6) is 0 Å². The molecule has 9 heteroatoms. The smallest absolute Gasteiger partial charge is 0.408 e. The largest absolute Gasteiger partial charge is 0.480 e. The molecule has 0 atom stereocenters. The van der Waals surface area contributed by atoms with Crippen molar-refractivity contribution in [1.29, 1.82) is 0 Å². The lowest BCUT2D eigenvalue weighted by Gasteiger charge is -2.31. The van der Waals surface area contributed by atoms with Crippen LogP contribution in [0.3, 0.4) is 0 Å². The van der Waals surface area contributed by atoms with Crippen LogP contribution in [0.15, 0.2) is 48.5 Å². The minimum absolute atomic E-state index is 0.109. The second-order valence-electron chi connectivity index (χ2n) is 8.09. The Morgan fingerprint density at radius 2 is 1.44 bits per heavy atom. The number of ether oxygens (including phenoxy) is 1. The fourth-order valence-electron chi connectivity index (χ4n) is 4.20. The number of carboxylic acid groups (broad SMARTS) is 1. The normalized spacial score (nSPS) is 12.3. The lowest BCUT2D eigenvalue weighted by atomic mass is 9.92. The monoisotopic (exact) mass is 467 g/mol. The van der Waals surface area contributed by atoms with Crippen LogP contribution in [0.2, 0.25) is 0 Å². The zero-order chi connectivity index (χ0) is 24.7. The number of carboxylic acids is 1. The van der Waals surface area contributed by atoms with E-state index >= 15 is 0 Å². The molecule has 0 spiro atoms. The summed E-state index contributed by atoms with van der Waals surface area (Å²) in [6.45, 7) is 2.66. The molecule has 0 bridgehead atoms. The molecule has 2 aromatic rings. The SMILES string of the molecule is CCC(CC)(NC(=O)OCC1c2ccccc2-c2ccccc21)C(=O)NCC(=O)NCC(=O)O. The Morgan fingerprint density at radius 1 is 0.882 bits per heavy atom. The summed E-state index contributed by atoms with van der Waals surface area (Å²) >= 11 is 0. The van der Waals surface area contributed by atoms with Gasteiger partial charge < -0.3 is 25.8 Å². The predicted molar refractivity (Wildman–Crippen MR) is 125 cm³/mol. The van der Waals surface area contributed by atoms with E-state index in [4.69, 9.17) is 9.84 Å². The molecule has 0 heterocycles. The number of carbonyl (C=O) groups excluding carboxylic acids is 3. The summed E-state index contributed by atoms with van der Waals surface area (Å²) in [7, 11) is 0. The van der Waals surface area contributed by atoms with Crippen molar-refractivity contribution >= 4 is 23.9 Å². The first-order valence-corrected chi connectivity index (χ1v) is 11.2. The van der Waals surface area contributed by atoms with E-state index in [0.29, 0.717) is 0 Å². The molecule has 0 aromatic heterocycles. The number of aliphatic carboxylic acids is 1. The predicted octanol–water partition coefficient (Wildman–Crippen LogP) is 2.40. The van der Waals surface area contributed by atoms with Crippen LogP contribution in [0.4, 0.5) is 4.79 Å². The maximum atomic E-state index is 12.8. The highest BCUT2D eigenvalue weighted by atomic mass is 16.5. The van der Waals surface area contributed by atoms with Crippen molar-refractivity contribution in [2.75, 3.05) is 19.7 Å². The van der Waals surface area contributed by atoms with Crippen molar-refractivity contribution in [2.24, 2.45) is 0 Å². The zero-order valence-electron chi connectivity index (χ0n) is 19.2. The molecule has 0 saturated carbocycles. The summed E-state index contributed by atoms with van der Waals surface area (Å²) < 4.78 is 5.56. The maximum absolute atomic E-state index is 12.8. The van der Waals surface area contributed by atoms with Gasteiger partial charge in [-0.3, -0.25) is 14.4 Å². The van der Waals surface area contributed by atoms with E-state index in [1.54, 1.807) is 13.8 Å². The summed E-state index contributed by atoms with van der Waals surface area (Å²) in [6, 6.07) is 16.0. The van der Waals surface area contributed by atoms with Crippen molar-refractivity contribution < 1.29 is 29.0 Å². The van der Waals surface area contributed by atoms with Gasteiger partial charge in [0.25, 0.3) is 0 Å². The third-order valence-electron chi connectivity index (χ3n) is 6.17. The highest BCUT2D eigenvalue weighted by Gasteiger charge is 2.38. The van der Waals surface area contributed by atoms with Gasteiger partial charge >= 0.3 is 12.1 Å². The van der Waals surface area contributed by atoms with Gasteiger partial charge in [0.05, 0.1) is 6.54 Å². The molecule has 1 aliphatic rings. The Bertz CT molecular complexity index is 1030. The average Bonchev–Trinajstić information content (AvgIpc) is 3.17. The number of fused-ring (bicyclic) bond motifs is 3. The molecule has 1 aliphatic carbocycles. The number of amides is 3. The Balaban J connectivity index is 1.62. The van der Waals surface area contributed by atoms with Gasteiger partial charge in [-0.25, -0.2) is 4.79 Å².